The Labute approximate surface area is 405 Å². The van der Waals surface area contributed by atoms with Crippen molar-refractivity contribution in [1.29, 1.82) is 0 Å². The van der Waals surface area contributed by atoms with Gasteiger partial charge in [0.2, 0.25) is 0 Å². The maximum absolute atomic E-state index is 11.1. The second kappa shape index (κ2) is 47.6. The highest BCUT2D eigenvalue weighted by Crippen LogP contribution is 2.22. The number of rotatable bonds is 31. The SMILES string of the molecule is CC/C=C\C/C=C\C/C=C\C/C=C\C/C=C\C/C=C\CCC(=O)OCC.CC/C=C\C/C=C\C/C=C\C/C=C\C/C=C\CCCC(=O)OCC.Oc1ccc(/C=C/c2cc(O)cc(O)c2)cc1. The van der Waals surface area contributed by atoms with Crippen molar-refractivity contribution < 1.29 is 34.4 Å². The number of benzene rings is 2. The predicted molar refractivity (Wildman–Crippen MR) is 286 cm³/mol. The number of allylic oxidation sites excluding steroid dienone is 22. The average Bonchev–Trinajstić information content (AvgIpc) is 3.31. The lowest BCUT2D eigenvalue weighted by Crippen LogP contribution is -2.02. The van der Waals surface area contributed by atoms with E-state index in [4.69, 9.17) is 14.6 Å². The van der Waals surface area contributed by atoms with Crippen LogP contribution in [0, 0.1) is 0 Å². The summed E-state index contributed by atoms with van der Waals surface area (Å²) < 4.78 is 9.76. The van der Waals surface area contributed by atoms with Crippen molar-refractivity contribution in [1.82, 2.24) is 0 Å². The van der Waals surface area contributed by atoms with Gasteiger partial charge >= 0.3 is 11.9 Å². The molecule has 0 heterocycles. The molecule has 67 heavy (non-hydrogen) atoms. The van der Waals surface area contributed by atoms with E-state index >= 15 is 0 Å². The van der Waals surface area contributed by atoms with Crippen LogP contribution in [-0.4, -0.2) is 40.5 Å². The number of hydrogen-bond acceptors (Lipinski definition) is 7. The molecule has 3 N–H and O–H groups in total. The minimum Gasteiger partial charge on any atom is -0.508 e. The van der Waals surface area contributed by atoms with Gasteiger partial charge in [-0.3, -0.25) is 9.59 Å². The van der Waals surface area contributed by atoms with E-state index in [1.165, 1.54) is 6.07 Å². The predicted octanol–water partition coefficient (Wildman–Crippen LogP) is 16.5. The highest BCUT2D eigenvalue weighted by molar-refractivity contribution is 5.71. The second-order valence-electron chi connectivity index (χ2n) is 14.9. The molecule has 2 aromatic carbocycles. The first-order valence-corrected chi connectivity index (χ1v) is 24.2. The fourth-order valence-electron chi connectivity index (χ4n) is 5.53. The molecule has 2 aromatic rings. The van der Waals surface area contributed by atoms with E-state index in [2.05, 4.69) is 141 Å². The summed E-state index contributed by atoms with van der Waals surface area (Å²) >= 11 is 0. The Morgan fingerprint density at radius 3 is 1.09 bits per heavy atom. The molecule has 0 amide bonds. The van der Waals surface area contributed by atoms with Crippen molar-refractivity contribution in [3.63, 3.8) is 0 Å². The molecule has 2 rings (SSSR count). The molecule has 7 nitrogen and oxygen atoms in total. The van der Waals surface area contributed by atoms with Crippen molar-refractivity contribution >= 4 is 24.1 Å². The molecule has 0 saturated carbocycles. The van der Waals surface area contributed by atoms with E-state index in [0.717, 1.165) is 95.5 Å². The lowest BCUT2D eigenvalue weighted by atomic mass is 10.1. The van der Waals surface area contributed by atoms with E-state index in [9.17, 15) is 19.8 Å². The van der Waals surface area contributed by atoms with Gasteiger partial charge in [-0.2, -0.15) is 0 Å². The zero-order chi connectivity index (χ0) is 49.1. The molecule has 0 aliphatic rings. The lowest BCUT2D eigenvalue weighted by molar-refractivity contribution is -0.144. The van der Waals surface area contributed by atoms with Crippen molar-refractivity contribution in [2.75, 3.05) is 13.2 Å². The van der Waals surface area contributed by atoms with Crippen LogP contribution in [0.3, 0.4) is 0 Å². The summed E-state index contributed by atoms with van der Waals surface area (Å²) in [5.41, 5.74) is 1.63. The lowest BCUT2D eigenvalue weighted by Gasteiger charge is -1.98. The van der Waals surface area contributed by atoms with Crippen LogP contribution in [-0.2, 0) is 19.1 Å². The van der Waals surface area contributed by atoms with Gasteiger partial charge in [0.05, 0.1) is 13.2 Å². The summed E-state index contributed by atoms with van der Waals surface area (Å²) in [5.74, 6) is 0.0553. The van der Waals surface area contributed by atoms with Crippen LogP contribution in [0.15, 0.2) is 176 Å². The van der Waals surface area contributed by atoms with E-state index in [1.54, 1.807) is 42.5 Å². The molecule has 7 heteroatoms. The highest BCUT2D eigenvalue weighted by Gasteiger charge is 1.99. The minimum absolute atomic E-state index is 0.0235. The molecule has 0 aliphatic carbocycles. The molecular formula is C60H82O7. The molecule has 0 spiro atoms. The van der Waals surface area contributed by atoms with Gasteiger partial charge in [-0.15, -0.1) is 0 Å². The first-order valence-electron chi connectivity index (χ1n) is 24.2. The quantitative estimate of drug-likeness (QED) is 0.0299. The van der Waals surface area contributed by atoms with Gasteiger partial charge in [-0.1, -0.05) is 172 Å². The maximum atomic E-state index is 11.1. The fraction of sp³-hybridized carbons (Fsp3) is 0.367. The number of carbonyl (C=O) groups excluding carboxylic acids is 2. The van der Waals surface area contributed by atoms with Gasteiger partial charge in [0.25, 0.3) is 0 Å². The second-order valence-corrected chi connectivity index (χ2v) is 14.9. The first kappa shape index (κ1) is 60.7. The molecule has 0 atom stereocenters. The monoisotopic (exact) mass is 915 g/mol. The number of unbranched alkanes of at least 4 members (excludes halogenated alkanes) is 1. The Balaban J connectivity index is 0.000000993. The van der Waals surface area contributed by atoms with Crippen molar-refractivity contribution in [3.05, 3.63) is 187 Å². The number of phenols is 3. The van der Waals surface area contributed by atoms with Gasteiger partial charge in [0, 0.05) is 18.9 Å². The Morgan fingerprint density at radius 1 is 0.388 bits per heavy atom. The molecule has 0 unspecified atom stereocenters. The van der Waals surface area contributed by atoms with Crippen LogP contribution in [0.4, 0.5) is 0 Å². The van der Waals surface area contributed by atoms with E-state index < -0.39 is 0 Å². The maximum Gasteiger partial charge on any atom is 0.306 e. The summed E-state index contributed by atoms with van der Waals surface area (Å²) in [6, 6.07) is 11.1. The molecule has 364 valence electrons. The van der Waals surface area contributed by atoms with Gasteiger partial charge in [-0.25, -0.2) is 0 Å². The smallest absolute Gasteiger partial charge is 0.306 e. The van der Waals surface area contributed by atoms with Gasteiger partial charge < -0.3 is 24.8 Å². The molecule has 0 fully saturated rings. The zero-order valence-electron chi connectivity index (χ0n) is 41.1. The van der Waals surface area contributed by atoms with Gasteiger partial charge in [-0.05, 0) is 139 Å². The Kier molecular flexibility index (Phi) is 43.1. The molecule has 0 aliphatic heterocycles. The third-order valence-corrected chi connectivity index (χ3v) is 8.92. The number of hydrogen-bond donors (Lipinski definition) is 3. The van der Waals surface area contributed by atoms with E-state index in [1.807, 2.05) is 26.0 Å². The number of ether oxygens (including phenoxy) is 2. The topological polar surface area (TPSA) is 113 Å². The largest absolute Gasteiger partial charge is 0.508 e. The van der Waals surface area contributed by atoms with Crippen molar-refractivity contribution in [2.24, 2.45) is 0 Å². The third kappa shape index (κ3) is 44.6. The molecule has 0 bridgehead atoms. The third-order valence-electron chi connectivity index (χ3n) is 8.92. The summed E-state index contributed by atoms with van der Waals surface area (Å²) in [4.78, 5) is 22.3. The molecule has 0 saturated heterocycles. The number of phenolic OH excluding ortho intramolecular Hbond substituents is 3. The highest BCUT2D eigenvalue weighted by atomic mass is 16.5. The van der Waals surface area contributed by atoms with Crippen LogP contribution in [0.2, 0.25) is 0 Å². The van der Waals surface area contributed by atoms with Crippen molar-refractivity contribution in [2.45, 2.75) is 130 Å². The summed E-state index contributed by atoms with van der Waals surface area (Å²) in [5, 5.41) is 27.7. The summed E-state index contributed by atoms with van der Waals surface area (Å²) in [6.07, 6.45) is 66.2. The first-order chi connectivity index (χ1) is 32.7. The van der Waals surface area contributed by atoms with Crippen LogP contribution >= 0.6 is 0 Å². The minimum atomic E-state index is -0.118. The zero-order valence-corrected chi connectivity index (χ0v) is 41.1. The van der Waals surface area contributed by atoms with Gasteiger partial charge in [0.15, 0.2) is 0 Å². The Hall–Kier alpha value is -6.34. The van der Waals surface area contributed by atoms with Crippen LogP contribution in [0.25, 0.3) is 12.2 Å². The normalized spacial score (nSPS) is 12.2. The number of aromatic hydroxyl groups is 3. The van der Waals surface area contributed by atoms with Crippen LogP contribution in [0.1, 0.15) is 142 Å². The Bertz CT molecular complexity index is 1880. The number of esters is 2. The molecule has 0 radical (unpaired) electrons. The van der Waals surface area contributed by atoms with Crippen molar-refractivity contribution in [3.8, 4) is 17.2 Å². The van der Waals surface area contributed by atoms with E-state index in [0.29, 0.717) is 31.6 Å². The van der Waals surface area contributed by atoms with Crippen LogP contribution < -0.4 is 0 Å². The van der Waals surface area contributed by atoms with Crippen LogP contribution in [0.5, 0.6) is 17.2 Å². The number of carbonyl (C=O) groups is 2. The molecule has 0 aromatic heterocycles. The van der Waals surface area contributed by atoms with Gasteiger partial charge in [0.1, 0.15) is 17.2 Å². The fourth-order valence-corrected chi connectivity index (χ4v) is 5.53. The Morgan fingerprint density at radius 2 is 0.716 bits per heavy atom. The summed E-state index contributed by atoms with van der Waals surface area (Å²) in [7, 11) is 0. The standard InChI is InChI=1S/C24H36O2.C22H34O2.C14H12O3/c1-3-5-6-7-8-9-10-11-12-13-14-15-16-17-18-19-20-21-22-23-24(25)26-4-2;1-3-5-6-7-8-9-10-11-12-13-14-15-16-17-18-19-20-21-22(23)24-4-2;15-12-5-3-10(4-6-12)1-2-11-7-13(16)9-14(17)8-11/h5-6,8-9,11-12,14-15,17-18,20-21H,3-4,7,10,13,16,19,22-23H2,1-2H3;5-6,8-9,11-12,14-15,17-18H,3-4,7,10,13,16,19-21H2,1-2H3;1-9,15-17H/b6-5-,9-8-,12-11-,15-14-,18-17-,21-20-;6-5-,9-8-,12-11-,15-14-,18-17-;2-1+. The summed E-state index contributed by atoms with van der Waals surface area (Å²) in [6.45, 7) is 8.90. The molecular weight excluding hydrogens is 833 g/mol. The average molecular weight is 915 g/mol. The van der Waals surface area contributed by atoms with E-state index in [-0.39, 0.29) is 29.2 Å².